The second-order valence-corrected chi connectivity index (χ2v) is 2.80. The van der Waals surface area contributed by atoms with E-state index in [1.54, 1.807) is 0 Å². The van der Waals surface area contributed by atoms with Crippen molar-refractivity contribution in [3.63, 3.8) is 0 Å². The summed E-state index contributed by atoms with van der Waals surface area (Å²) in [4.78, 5) is 24.3. The molecule has 0 unspecified atom stereocenters. The molecule has 0 amide bonds. The number of nitrogens with one attached hydrogen (secondary N) is 2. The molecule has 0 aromatic carbocycles. The van der Waals surface area contributed by atoms with E-state index in [2.05, 4.69) is 10.1 Å². The Balaban J connectivity index is 3.12. The molecule has 2 aliphatic rings. The van der Waals surface area contributed by atoms with Gasteiger partial charge in [0.15, 0.2) is 0 Å². The Morgan fingerprint density at radius 1 is 1.21 bits per heavy atom. The number of benzene rings is 1. The van der Waals surface area contributed by atoms with Gasteiger partial charge < -0.3 is 5.21 Å². The molecule has 0 aromatic rings. The van der Waals surface area contributed by atoms with Crippen molar-refractivity contribution in [3.05, 3.63) is 43.6 Å². The number of fused-ring (bicyclic) bond motifs is 1. The highest BCUT2D eigenvalue weighted by molar-refractivity contribution is 5.62. The van der Waals surface area contributed by atoms with Crippen molar-refractivity contribution >= 4 is 0 Å². The zero-order valence-corrected chi connectivity index (χ0v) is 6.87. The fourth-order valence-corrected chi connectivity index (χ4v) is 1.28. The molecule has 70 valence electrons. The standard InChI is InChI=1S/C8H5N3O3/c9-5-1-3-4(2-6(5)11-14)8(13)10-7(3)12/h1-2,9,14H,(H,10,12,13)/b9-5?,11-6+. The summed E-state index contributed by atoms with van der Waals surface area (Å²) in [6.45, 7) is 0. The van der Waals surface area contributed by atoms with Crippen LogP contribution < -0.4 is 21.8 Å². The van der Waals surface area contributed by atoms with Gasteiger partial charge in [-0.25, -0.2) is 0 Å². The largest absolute Gasteiger partial charge is 0.410 e. The van der Waals surface area contributed by atoms with E-state index in [0.717, 1.165) is 0 Å². The third kappa shape index (κ3) is 0.972. The van der Waals surface area contributed by atoms with Gasteiger partial charge in [0.2, 0.25) is 0 Å². The number of hydrogen-bond acceptors (Lipinski definition) is 5. The van der Waals surface area contributed by atoms with Gasteiger partial charge in [0, 0.05) is 0 Å². The maximum atomic E-state index is 11.1. The summed E-state index contributed by atoms with van der Waals surface area (Å²) in [6, 6.07) is 2.41. The molecule has 0 saturated carbocycles. The molecule has 3 N–H and O–H groups in total. The first-order valence-electron chi connectivity index (χ1n) is 3.74. The number of aromatic amines is 1. The van der Waals surface area contributed by atoms with Crippen LogP contribution in [0.5, 0.6) is 0 Å². The number of aromatic nitrogens is 1. The highest BCUT2D eigenvalue weighted by atomic mass is 16.4. The number of H-pyrrole nitrogens is 1. The van der Waals surface area contributed by atoms with Crippen molar-refractivity contribution in [2.24, 2.45) is 5.16 Å². The molecule has 0 saturated heterocycles. The first-order valence-corrected chi connectivity index (χ1v) is 3.74. The van der Waals surface area contributed by atoms with Gasteiger partial charge in [-0.1, -0.05) is 5.16 Å². The molecular weight excluding hydrogens is 186 g/mol. The van der Waals surface area contributed by atoms with Crippen LogP contribution in [-0.2, 0) is 0 Å². The smallest absolute Gasteiger partial charge is 0.259 e. The Labute approximate surface area is 76.3 Å². The number of hydrogen-bond donors (Lipinski definition) is 3. The summed E-state index contributed by atoms with van der Waals surface area (Å²) < 4.78 is 0. The van der Waals surface area contributed by atoms with E-state index in [9.17, 15) is 9.59 Å². The zero-order valence-electron chi connectivity index (χ0n) is 6.87. The Hall–Kier alpha value is -2.24. The Kier molecular flexibility index (Phi) is 1.57. The molecule has 1 aliphatic heterocycles. The molecule has 6 nitrogen and oxygen atoms in total. The predicted octanol–water partition coefficient (Wildman–Crippen LogP) is -1.52. The van der Waals surface area contributed by atoms with E-state index in [1.807, 2.05) is 0 Å². The fourth-order valence-electron chi connectivity index (χ4n) is 1.28. The molecule has 0 fully saturated rings. The third-order valence-electron chi connectivity index (χ3n) is 1.96. The van der Waals surface area contributed by atoms with Crippen molar-refractivity contribution in [2.75, 3.05) is 0 Å². The number of nitrogens with zero attached hydrogens (tertiary/aromatic N) is 1. The van der Waals surface area contributed by atoms with Gasteiger partial charge in [0.25, 0.3) is 11.1 Å². The minimum Gasteiger partial charge on any atom is -0.410 e. The van der Waals surface area contributed by atoms with Crippen molar-refractivity contribution in [1.29, 1.82) is 5.41 Å². The molecule has 14 heavy (non-hydrogen) atoms. The minimum absolute atomic E-state index is 0.0337. The van der Waals surface area contributed by atoms with E-state index in [1.165, 1.54) is 12.1 Å². The fraction of sp³-hybridized carbons (Fsp3) is 0. The van der Waals surface area contributed by atoms with Gasteiger partial charge in [-0.2, -0.15) is 0 Å². The normalized spacial score (nSPS) is 12.4. The molecular formula is C8H5N3O3. The Morgan fingerprint density at radius 3 is 2.36 bits per heavy atom. The summed E-state index contributed by atoms with van der Waals surface area (Å²) in [5, 5.41) is 18.5. The van der Waals surface area contributed by atoms with Gasteiger partial charge in [-0.3, -0.25) is 20.0 Å². The van der Waals surface area contributed by atoms with E-state index in [4.69, 9.17) is 10.6 Å². The highest BCUT2D eigenvalue weighted by Gasteiger charge is 2.13. The summed E-state index contributed by atoms with van der Waals surface area (Å²) in [5.74, 6) is 0. The van der Waals surface area contributed by atoms with Crippen molar-refractivity contribution in [3.8, 4) is 11.1 Å². The Bertz CT molecular complexity index is 661. The van der Waals surface area contributed by atoms with Crippen LogP contribution in [0.4, 0.5) is 0 Å². The van der Waals surface area contributed by atoms with Gasteiger partial charge in [0.1, 0.15) is 5.36 Å². The van der Waals surface area contributed by atoms with Crippen LogP contribution in [0.25, 0.3) is 11.1 Å². The lowest BCUT2D eigenvalue weighted by Crippen LogP contribution is -2.25. The van der Waals surface area contributed by atoms with Gasteiger partial charge in [0.05, 0.1) is 16.5 Å². The maximum Gasteiger partial charge on any atom is 0.259 e. The molecule has 0 spiro atoms. The molecule has 1 aliphatic carbocycles. The molecule has 1 heterocycles. The molecule has 0 bridgehead atoms. The quantitative estimate of drug-likeness (QED) is 0.348. The molecule has 6 heteroatoms. The molecule has 0 aromatic heterocycles. The van der Waals surface area contributed by atoms with Gasteiger partial charge in [-0.05, 0) is 12.1 Å². The molecule has 0 atom stereocenters. The average molecular weight is 191 g/mol. The van der Waals surface area contributed by atoms with Crippen molar-refractivity contribution < 1.29 is 5.21 Å². The van der Waals surface area contributed by atoms with E-state index < -0.39 is 11.1 Å². The SMILES string of the molecule is N=c1cc2c(=O)[nH]c(=O)c-2c/c1=N\O. The van der Waals surface area contributed by atoms with E-state index in [0.29, 0.717) is 0 Å². The second kappa shape index (κ2) is 2.63. The maximum absolute atomic E-state index is 11.1. The van der Waals surface area contributed by atoms with Gasteiger partial charge >= 0.3 is 0 Å². The summed E-state index contributed by atoms with van der Waals surface area (Å²) >= 11 is 0. The summed E-state index contributed by atoms with van der Waals surface area (Å²) in [7, 11) is 0. The number of rotatable bonds is 0. The van der Waals surface area contributed by atoms with Crippen molar-refractivity contribution in [1.82, 2.24) is 4.98 Å². The minimum atomic E-state index is -0.532. The lowest BCUT2D eigenvalue weighted by atomic mass is 10.1. The van der Waals surface area contributed by atoms with Crippen LogP contribution in [0, 0.1) is 5.41 Å². The monoisotopic (exact) mass is 191 g/mol. The van der Waals surface area contributed by atoms with Crippen LogP contribution >= 0.6 is 0 Å². The lowest BCUT2D eigenvalue weighted by molar-refractivity contribution is 0.301. The van der Waals surface area contributed by atoms with Crippen LogP contribution in [0.2, 0.25) is 0 Å². The van der Waals surface area contributed by atoms with E-state index >= 15 is 0 Å². The first kappa shape index (κ1) is 8.36. The topological polar surface area (TPSA) is 106 Å². The molecule has 0 radical (unpaired) electrons. The Morgan fingerprint density at radius 2 is 1.79 bits per heavy atom. The van der Waals surface area contributed by atoms with Crippen LogP contribution in [0.3, 0.4) is 0 Å². The second-order valence-electron chi connectivity index (χ2n) is 2.80. The predicted molar refractivity (Wildman–Crippen MR) is 45.5 cm³/mol. The van der Waals surface area contributed by atoms with Crippen LogP contribution in [-0.4, -0.2) is 10.2 Å². The summed E-state index contributed by atoms with van der Waals surface area (Å²) in [6.07, 6.45) is 0. The first-order chi connectivity index (χ1) is 6.63. The van der Waals surface area contributed by atoms with Gasteiger partial charge in [-0.15, -0.1) is 0 Å². The average Bonchev–Trinajstić information content (AvgIpc) is 2.41. The lowest BCUT2D eigenvalue weighted by Gasteiger charge is -1.91. The third-order valence-corrected chi connectivity index (χ3v) is 1.96. The zero-order chi connectivity index (χ0) is 10.3. The summed E-state index contributed by atoms with van der Waals surface area (Å²) in [5.41, 5.74) is -0.774. The van der Waals surface area contributed by atoms with Crippen molar-refractivity contribution in [2.45, 2.75) is 0 Å². The van der Waals surface area contributed by atoms with Crippen LogP contribution in [0.1, 0.15) is 0 Å². The molecule has 2 rings (SSSR count). The van der Waals surface area contributed by atoms with Crippen LogP contribution in [0.15, 0.2) is 26.9 Å². The van der Waals surface area contributed by atoms with E-state index in [-0.39, 0.29) is 21.8 Å². The highest BCUT2D eigenvalue weighted by Crippen LogP contribution is 2.05.